The molecule has 0 atom stereocenters. The molecule has 1 aromatic rings. The lowest BCUT2D eigenvalue weighted by Crippen LogP contribution is -2.04. The van der Waals surface area contributed by atoms with Crippen LogP contribution in [0.4, 0.5) is 4.39 Å². The highest BCUT2D eigenvalue weighted by molar-refractivity contribution is 6.31. The second kappa shape index (κ2) is 5.09. The van der Waals surface area contributed by atoms with Gasteiger partial charge >= 0.3 is 5.97 Å². The molecule has 0 saturated heterocycles. The molecule has 0 N–H and O–H groups in total. The summed E-state index contributed by atoms with van der Waals surface area (Å²) in [5.74, 6) is -1.14. The predicted octanol–water partition coefficient (Wildman–Crippen LogP) is 2.41. The molecule has 0 fully saturated rings. The second-order valence-corrected chi connectivity index (χ2v) is 3.26. The van der Waals surface area contributed by atoms with Crippen molar-refractivity contribution in [3.8, 4) is 0 Å². The monoisotopic (exact) mass is 232 g/mol. The second-order valence-electron chi connectivity index (χ2n) is 2.86. The zero-order valence-electron chi connectivity index (χ0n) is 8.34. The molecule has 3 nitrogen and oxygen atoms in total. The standard InChI is InChI=1S/C10H10ClFO3/c1-14-5-7-3-6(10(13)15-2)4-8(11)9(7)12/h3-4H,5H2,1-2H3. The largest absolute Gasteiger partial charge is 0.465 e. The van der Waals surface area contributed by atoms with Gasteiger partial charge in [0.15, 0.2) is 0 Å². The van der Waals surface area contributed by atoms with Crippen molar-refractivity contribution in [2.75, 3.05) is 14.2 Å². The van der Waals surface area contributed by atoms with Gasteiger partial charge in [0.2, 0.25) is 0 Å². The van der Waals surface area contributed by atoms with E-state index in [-0.39, 0.29) is 22.8 Å². The van der Waals surface area contributed by atoms with E-state index in [1.54, 1.807) is 0 Å². The molecular weight excluding hydrogens is 223 g/mol. The average Bonchev–Trinajstić information content (AvgIpc) is 2.23. The third-order valence-corrected chi connectivity index (χ3v) is 2.10. The van der Waals surface area contributed by atoms with E-state index in [1.807, 2.05) is 0 Å². The smallest absolute Gasteiger partial charge is 0.337 e. The van der Waals surface area contributed by atoms with Gasteiger partial charge in [0.25, 0.3) is 0 Å². The van der Waals surface area contributed by atoms with E-state index in [0.29, 0.717) is 0 Å². The van der Waals surface area contributed by atoms with E-state index < -0.39 is 11.8 Å². The van der Waals surface area contributed by atoms with Crippen LogP contribution in [0.15, 0.2) is 12.1 Å². The summed E-state index contributed by atoms with van der Waals surface area (Å²) in [7, 11) is 2.67. The number of ether oxygens (including phenoxy) is 2. The van der Waals surface area contributed by atoms with Crippen molar-refractivity contribution in [3.05, 3.63) is 34.1 Å². The Morgan fingerprint density at radius 3 is 2.67 bits per heavy atom. The van der Waals surface area contributed by atoms with Gasteiger partial charge in [-0.15, -0.1) is 0 Å². The Kier molecular flexibility index (Phi) is 4.05. The SMILES string of the molecule is COCc1cc(C(=O)OC)cc(Cl)c1F. The molecule has 0 heterocycles. The quantitative estimate of drug-likeness (QED) is 0.751. The number of halogens is 2. The normalized spacial score (nSPS) is 10.1. The molecule has 0 radical (unpaired) electrons. The van der Waals surface area contributed by atoms with Gasteiger partial charge < -0.3 is 9.47 Å². The highest BCUT2D eigenvalue weighted by atomic mass is 35.5. The van der Waals surface area contributed by atoms with Crippen molar-refractivity contribution in [2.45, 2.75) is 6.61 Å². The molecule has 0 saturated carbocycles. The minimum Gasteiger partial charge on any atom is -0.465 e. The van der Waals surface area contributed by atoms with Crippen LogP contribution in [0.25, 0.3) is 0 Å². The fourth-order valence-corrected chi connectivity index (χ4v) is 1.38. The van der Waals surface area contributed by atoms with Gasteiger partial charge in [-0.05, 0) is 12.1 Å². The summed E-state index contributed by atoms with van der Waals surface area (Å²) in [5, 5.41) is -0.120. The molecule has 0 aromatic heterocycles. The fourth-order valence-electron chi connectivity index (χ4n) is 1.14. The highest BCUT2D eigenvalue weighted by Gasteiger charge is 2.13. The van der Waals surface area contributed by atoms with Gasteiger partial charge in [0, 0.05) is 12.7 Å². The average molecular weight is 233 g/mol. The Bertz CT molecular complexity index is 379. The number of hydrogen-bond acceptors (Lipinski definition) is 3. The lowest BCUT2D eigenvalue weighted by Gasteiger charge is -2.06. The number of esters is 1. The maximum absolute atomic E-state index is 13.4. The molecule has 5 heteroatoms. The highest BCUT2D eigenvalue weighted by Crippen LogP contribution is 2.22. The predicted molar refractivity (Wildman–Crippen MR) is 53.5 cm³/mol. The van der Waals surface area contributed by atoms with Crippen LogP contribution in [0.5, 0.6) is 0 Å². The van der Waals surface area contributed by atoms with E-state index in [2.05, 4.69) is 4.74 Å². The maximum atomic E-state index is 13.4. The first-order chi connectivity index (χ1) is 7.10. The van der Waals surface area contributed by atoms with Crippen molar-refractivity contribution in [3.63, 3.8) is 0 Å². The summed E-state index contributed by atoms with van der Waals surface area (Å²) < 4.78 is 22.7. The van der Waals surface area contributed by atoms with Gasteiger partial charge in [-0.3, -0.25) is 0 Å². The Morgan fingerprint density at radius 1 is 1.47 bits per heavy atom. The number of carbonyl (C=O) groups excluding carboxylic acids is 1. The minimum absolute atomic E-state index is 0.0520. The topological polar surface area (TPSA) is 35.5 Å². The lowest BCUT2D eigenvalue weighted by atomic mass is 10.1. The number of carbonyl (C=O) groups is 1. The maximum Gasteiger partial charge on any atom is 0.337 e. The Hall–Kier alpha value is -1.13. The van der Waals surface area contributed by atoms with Crippen LogP contribution in [-0.2, 0) is 16.1 Å². The summed E-state index contributed by atoms with van der Waals surface area (Å²) >= 11 is 5.62. The van der Waals surface area contributed by atoms with Crippen molar-refractivity contribution >= 4 is 17.6 Å². The van der Waals surface area contributed by atoms with Crippen LogP contribution >= 0.6 is 11.6 Å². The zero-order valence-corrected chi connectivity index (χ0v) is 9.10. The van der Waals surface area contributed by atoms with Crippen molar-refractivity contribution in [1.82, 2.24) is 0 Å². The molecule has 0 aliphatic heterocycles. The Morgan fingerprint density at radius 2 is 2.13 bits per heavy atom. The van der Waals surface area contributed by atoms with E-state index >= 15 is 0 Å². The summed E-state index contributed by atoms with van der Waals surface area (Å²) in [5.41, 5.74) is 0.432. The van der Waals surface area contributed by atoms with E-state index in [4.69, 9.17) is 16.3 Å². The van der Waals surface area contributed by atoms with Crippen LogP contribution in [0.3, 0.4) is 0 Å². The molecule has 82 valence electrons. The fraction of sp³-hybridized carbons (Fsp3) is 0.300. The van der Waals surface area contributed by atoms with E-state index in [0.717, 1.165) is 0 Å². The minimum atomic E-state index is -0.578. The van der Waals surface area contributed by atoms with E-state index in [9.17, 15) is 9.18 Å². The van der Waals surface area contributed by atoms with Crippen molar-refractivity contribution in [2.24, 2.45) is 0 Å². The van der Waals surface area contributed by atoms with Crippen molar-refractivity contribution < 1.29 is 18.7 Å². The molecule has 0 aliphatic rings. The molecule has 15 heavy (non-hydrogen) atoms. The third kappa shape index (κ3) is 2.67. The zero-order chi connectivity index (χ0) is 11.4. The van der Waals surface area contributed by atoms with Gasteiger partial charge in [-0.1, -0.05) is 11.6 Å². The number of benzene rings is 1. The van der Waals surface area contributed by atoms with Gasteiger partial charge in [-0.2, -0.15) is 0 Å². The Labute approximate surface area is 91.7 Å². The molecular formula is C10H10ClFO3. The van der Waals surface area contributed by atoms with Crippen LogP contribution in [0.2, 0.25) is 5.02 Å². The first kappa shape index (κ1) is 11.9. The van der Waals surface area contributed by atoms with Crippen molar-refractivity contribution in [1.29, 1.82) is 0 Å². The Balaban J connectivity index is 3.16. The van der Waals surface area contributed by atoms with Crippen LogP contribution in [0.1, 0.15) is 15.9 Å². The van der Waals surface area contributed by atoms with Gasteiger partial charge in [-0.25, -0.2) is 9.18 Å². The number of rotatable bonds is 3. The van der Waals surface area contributed by atoms with Crippen LogP contribution in [-0.4, -0.2) is 20.2 Å². The molecule has 0 amide bonds. The number of hydrogen-bond donors (Lipinski definition) is 0. The summed E-state index contributed by atoms with van der Waals surface area (Å²) in [4.78, 5) is 11.2. The van der Waals surface area contributed by atoms with Gasteiger partial charge in [0.05, 0.1) is 24.3 Å². The first-order valence-electron chi connectivity index (χ1n) is 4.15. The molecule has 0 spiro atoms. The molecule has 0 aliphatic carbocycles. The van der Waals surface area contributed by atoms with Gasteiger partial charge in [0.1, 0.15) is 5.82 Å². The van der Waals surface area contributed by atoms with E-state index in [1.165, 1.54) is 26.4 Å². The summed E-state index contributed by atoms with van der Waals surface area (Å²) in [6.45, 7) is 0.0520. The molecule has 1 rings (SSSR count). The lowest BCUT2D eigenvalue weighted by molar-refractivity contribution is 0.0600. The molecule has 0 unspecified atom stereocenters. The van der Waals surface area contributed by atoms with Crippen LogP contribution < -0.4 is 0 Å². The third-order valence-electron chi connectivity index (χ3n) is 1.82. The molecule has 0 bridgehead atoms. The summed E-state index contributed by atoms with van der Waals surface area (Å²) in [6.07, 6.45) is 0. The summed E-state index contributed by atoms with van der Waals surface area (Å²) in [6, 6.07) is 2.58. The molecule has 1 aromatic carbocycles. The number of methoxy groups -OCH3 is 2. The van der Waals surface area contributed by atoms with Crippen LogP contribution in [0, 0.1) is 5.82 Å². The first-order valence-corrected chi connectivity index (χ1v) is 4.53.